The minimum Gasteiger partial charge on any atom is -0.488 e. The summed E-state index contributed by atoms with van der Waals surface area (Å²) < 4.78 is 11.3. The minimum atomic E-state index is -0.180. The monoisotopic (exact) mass is 311 g/mol. The molecule has 3 rings (SSSR count). The average Bonchev–Trinajstić information content (AvgIpc) is 3.11. The average molecular weight is 311 g/mol. The molecule has 1 aliphatic rings. The largest absolute Gasteiger partial charge is 0.488 e. The van der Waals surface area contributed by atoms with Crippen LogP contribution in [0.5, 0.6) is 5.75 Å². The van der Waals surface area contributed by atoms with Gasteiger partial charge in [0.2, 0.25) is 5.91 Å². The van der Waals surface area contributed by atoms with Crippen LogP contribution in [0, 0.1) is 0 Å². The van der Waals surface area contributed by atoms with Gasteiger partial charge < -0.3 is 14.8 Å². The third kappa shape index (κ3) is 3.90. The molecule has 0 aromatic heterocycles. The van der Waals surface area contributed by atoms with E-state index in [1.165, 1.54) is 0 Å². The van der Waals surface area contributed by atoms with Crippen molar-refractivity contribution in [3.8, 4) is 5.75 Å². The zero-order valence-corrected chi connectivity index (χ0v) is 13.1. The summed E-state index contributed by atoms with van der Waals surface area (Å²) in [7, 11) is 0. The van der Waals surface area contributed by atoms with Gasteiger partial charge in [0, 0.05) is 24.1 Å². The van der Waals surface area contributed by atoms with Gasteiger partial charge in [-0.3, -0.25) is 4.79 Å². The molecule has 2 aromatic carbocycles. The van der Waals surface area contributed by atoms with E-state index >= 15 is 0 Å². The smallest absolute Gasteiger partial charge is 0.250 e. The molecular formula is C19H21NO3. The number of ether oxygens (including phenoxy) is 2. The molecule has 23 heavy (non-hydrogen) atoms. The van der Waals surface area contributed by atoms with E-state index in [0.29, 0.717) is 12.1 Å². The van der Waals surface area contributed by atoms with E-state index in [1.54, 1.807) is 0 Å². The van der Waals surface area contributed by atoms with Crippen molar-refractivity contribution in [1.82, 2.24) is 5.32 Å². The van der Waals surface area contributed by atoms with Crippen LogP contribution >= 0.6 is 0 Å². The van der Waals surface area contributed by atoms with E-state index in [9.17, 15) is 4.79 Å². The quantitative estimate of drug-likeness (QED) is 0.834. The maximum Gasteiger partial charge on any atom is 0.250 e. The summed E-state index contributed by atoms with van der Waals surface area (Å²) in [6.07, 6.45) is 2.19. The van der Waals surface area contributed by atoms with Crippen molar-refractivity contribution in [2.75, 3.05) is 19.8 Å². The molecule has 1 atom stereocenters. The topological polar surface area (TPSA) is 47.6 Å². The van der Waals surface area contributed by atoms with Crippen LogP contribution < -0.4 is 10.1 Å². The molecule has 120 valence electrons. The molecule has 1 unspecified atom stereocenters. The van der Waals surface area contributed by atoms with Gasteiger partial charge in [0.05, 0.1) is 6.10 Å². The van der Waals surface area contributed by atoms with Gasteiger partial charge in [-0.2, -0.15) is 0 Å². The summed E-state index contributed by atoms with van der Waals surface area (Å²) in [4.78, 5) is 12.0. The second-order valence-corrected chi connectivity index (χ2v) is 5.71. The van der Waals surface area contributed by atoms with E-state index in [0.717, 1.165) is 36.0 Å². The van der Waals surface area contributed by atoms with Gasteiger partial charge in [0.15, 0.2) is 0 Å². The van der Waals surface area contributed by atoms with Gasteiger partial charge in [-0.15, -0.1) is 0 Å². The minimum absolute atomic E-state index is 0.130. The Hall–Kier alpha value is -2.33. The molecule has 1 amide bonds. The number of rotatable bonds is 6. The summed E-state index contributed by atoms with van der Waals surface area (Å²) in [5.74, 6) is 0.580. The first-order valence-electron chi connectivity index (χ1n) is 7.92. The van der Waals surface area contributed by atoms with Crippen LogP contribution in [0.4, 0.5) is 0 Å². The zero-order valence-electron chi connectivity index (χ0n) is 13.1. The first-order chi connectivity index (χ1) is 11.2. The Kier molecular flexibility index (Phi) is 4.93. The Morgan fingerprint density at radius 1 is 1.26 bits per heavy atom. The molecule has 0 saturated carbocycles. The number of carbonyl (C=O) groups is 1. The molecule has 4 heteroatoms. The molecule has 1 N–H and O–H groups in total. The fourth-order valence-electron chi connectivity index (χ4n) is 2.69. The third-order valence-corrected chi connectivity index (χ3v) is 3.99. The molecule has 0 aliphatic carbocycles. The molecule has 0 bridgehead atoms. The van der Waals surface area contributed by atoms with Crippen molar-refractivity contribution in [1.29, 1.82) is 0 Å². The van der Waals surface area contributed by atoms with E-state index < -0.39 is 0 Å². The van der Waals surface area contributed by atoms with Crippen LogP contribution in [0.1, 0.15) is 12.8 Å². The predicted molar refractivity (Wildman–Crippen MR) is 90.6 cm³/mol. The number of benzene rings is 2. The van der Waals surface area contributed by atoms with Crippen LogP contribution in [0.25, 0.3) is 10.8 Å². The van der Waals surface area contributed by atoms with Crippen molar-refractivity contribution >= 4 is 16.7 Å². The van der Waals surface area contributed by atoms with Gasteiger partial charge in [-0.25, -0.2) is 0 Å². The lowest BCUT2D eigenvalue weighted by Crippen LogP contribution is -2.33. The number of amides is 1. The lowest BCUT2D eigenvalue weighted by Gasteiger charge is -2.13. The Labute approximate surface area is 136 Å². The van der Waals surface area contributed by atoms with Crippen LogP contribution in [0.15, 0.2) is 54.6 Å². The molecule has 0 radical (unpaired) electrons. The summed E-state index contributed by atoms with van der Waals surface area (Å²) in [6.45, 7) is 5.31. The van der Waals surface area contributed by atoms with Crippen LogP contribution in [0.3, 0.4) is 0 Å². The number of fused-ring (bicyclic) bond motifs is 1. The molecule has 1 fully saturated rings. The Bertz CT molecular complexity index is 699. The fraction of sp³-hybridized carbons (Fsp3) is 0.316. The van der Waals surface area contributed by atoms with Crippen molar-refractivity contribution in [2.45, 2.75) is 18.9 Å². The van der Waals surface area contributed by atoms with Crippen molar-refractivity contribution in [3.63, 3.8) is 0 Å². The normalized spacial score (nSPS) is 17.1. The van der Waals surface area contributed by atoms with Crippen molar-refractivity contribution in [2.24, 2.45) is 0 Å². The van der Waals surface area contributed by atoms with Crippen molar-refractivity contribution < 1.29 is 14.3 Å². The Morgan fingerprint density at radius 3 is 2.91 bits per heavy atom. The highest BCUT2D eigenvalue weighted by molar-refractivity contribution is 5.93. The molecule has 1 saturated heterocycles. The molecular weight excluding hydrogens is 290 g/mol. The SMILES string of the molecule is C=C(COc1cccc2ccccc12)C(=O)NCC1CCCO1. The second-order valence-electron chi connectivity index (χ2n) is 5.71. The van der Waals surface area contributed by atoms with E-state index in [-0.39, 0.29) is 18.6 Å². The molecule has 0 spiro atoms. The highest BCUT2D eigenvalue weighted by atomic mass is 16.5. The van der Waals surface area contributed by atoms with Crippen LogP contribution in [0.2, 0.25) is 0 Å². The second kappa shape index (κ2) is 7.29. The maximum atomic E-state index is 12.0. The first kappa shape index (κ1) is 15.6. The predicted octanol–water partition coefficient (Wildman–Crippen LogP) is 3.07. The van der Waals surface area contributed by atoms with Gasteiger partial charge >= 0.3 is 0 Å². The summed E-state index contributed by atoms with van der Waals surface area (Å²) in [5.41, 5.74) is 0.413. The van der Waals surface area contributed by atoms with E-state index in [1.807, 2.05) is 42.5 Å². The third-order valence-electron chi connectivity index (χ3n) is 3.99. The lowest BCUT2D eigenvalue weighted by atomic mass is 10.1. The van der Waals surface area contributed by atoms with Crippen molar-refractivity contribution in [3.05, 3.63) is 54.6 Å². The van der Waals surface area contributed by atoms with E-state index in [4.69, 9.17) is 9.47 Å². The number of nitrogens with one attached hydrogen (secondary N) is 1. The maximum absolute atomic E-state index is 12.0. The highest BCUT2D eigenvalue weighted by Crippen LogP contribution is 2.25. The van der Waals surface area contributed by atoms with Gasteiger partial charge in [-0.05, 0) is 24.3 Å². The highest BCUT2D eigenvalue weighted by Gasteiger charge is 2.17. The van der Waals surface area contributed by atoms with Gasteiger partial charge in [0.25, 0.3) is 0 Å². The molecule has 4 nitrogen and oxygen atoms in total. The summed E-state index contributed by atoms with van der Waals surface area (Å²) >= 11 is 0. The standard InChI is InChI=1S/C19H21NO3/c1-14(19(21)20-12-16-8-5-11-22-16)13-23-18-10-4-7-15-6-2-3-9-17(15)18/h2-4,6-7,9-10,16H,1,5,8,11-13H2,(H,20,21). The van der Waals surface area contributed by atoms with Crippen LogP contribution in [-0.4, -0.2) is 31.8 Å². The molecule has 2 aromatic rings. The fourth-order valence-corrected chi connectivity index (χ4v) is 2.69. The van der Waals surface area contributed by atoms with Crippen LogP contribution in [-0.2, 0) is 9.53 Å². The molecule has 1 heterocycles. The number of carbonyl (C=O) groups excluding carboxylic acids is 1. The Balaban J connectivity index is 1.54. The van der Waals surface area contributed by atoms with Gasteiger partial charge in [0.1, 0.15) is 12.4 Å². The first-order valence-corrected chi connectivity index (χ1v) is 7.92. The zero-order chi connectivity index (χ0) is 16.1. The molecule has 1 aliphatic heterocycles. The van der Waals surface area contributed by atoms with Gasteiger partial charge in [-0.1, -0.05) is 43.0 Å². The number of hydrogen-bond acceptors (Lipinski definition) is 3. The van der Waals surface area contributed by atoms with E-state index in [2.05, 4.69) is 11.9 Å². The summed E-state index contributed by atoms with van der Waals surface area (Å²) in [6, 6.07) is 13.9. The number of hydrogen-bond donors (Lipinski definition) is 1. The Morgan fingerprint density at radius 2 is 2.09 bits per heavy atom. The summed E-state index contributed by atoms with van der Waals surface area (Å²) in [5, 5.41) is 4.99. The lowest BCUT2D eigenvalue weighted by molar-refractivity contribution is -0.118.